The molecular formula is C15H22O2. The van der Waals surface area contributed by atoms with Gasteiger partial charge >= 0.3 is 0 Å². The molecule has 17 heavy (non-hydrogen) atoms. The Balaban J connectivity index is 2.06. The Bertz CT molecular complexity index is 371. The summed E-state index contributed by atoms with van der Waals surface area (Å²) in [7, 11) is 0. The molecule has 94 valence electrons. The monoisotopic (exact) mass is 234 g/mol. The van der Waals surface area contributed by atoms with Crippen LogP contribution in [0.2, 0.25) is 0 Å². The summed E-state index contributed by atoms with van der Waals surface area (Å²) < 4.78 is 5.77. The molecule has 0 amide bonds. The third kappa shape index (κ3) is 3.01. The van der Waals surface area contributed by atoms with E-state index in [0.29, 0.717) is 5.92 Å². The van der Waals surface area contributed by atoms with Gasteiger partial charge in [-0.3, -0.25) is 0 Å². The quantitative estimate of drug-likeness (QED) is 0.868. The highest BCUT2D eigenvalue weighted by atomic mass is 16.5. The van der Waals surface area contributed by atoms with Crippen molar-refractivity contribution in [2.45, 2.75) is 45.6 Å². The number of aryl methyl sites for hydroxylation is 2. The van der Waals surface area contributed by atoms with Crippen LogP contribution < -0.4 is 4.74 Å². The number of ether oxygens (including phenoxy) is 1. The first-order chi connectivity index (χ1) is 8.18. The van der Waals surface area contributed by atoms with E-state index >= 15 is 0 Å². The lowest BCUT2D eigenvalue weighted by Crippen LogP contribution is -2.16. The van der Waals surface area contributed by atoms with Gasteiger partial charge in [-0.1, -0.05) is 32.0 Å². The minimum atomic E-state index is -0.213. The van der Waals surface area contributed by atoms with Crippen molar-refractivity contribution in [3.05, 3.63) is 29.3 Å². The van der Waals surface area contributed by atoms with E-state index in [4.69, 9.17) is 4.74 Å². The molecule has 0 saturated carbocycles. The van der Waals surface area contributed by atoms with Crippen molar-refractivity contribution in [2.24, 2.45) is 5.92 Å². The maximum atomic E-state index is 9.85. The van der Waals surface area contributed by atoms with Crippen molar-refractivity contribution in [2.75, 3.05) is 6.61 Å². The van der Waals surface area contributed by atoms with Gasteiger partial charge in [0.2, 0.25) is 0 Å². The van der Waals surface area contributed by atoms with Gasteiger partial charge in [0.25, 0.3) is 0 Å². The number of rotatable bonds is 4. The Morgan fingerprint density at radius 3 is 2.94 bits per heavy atom. The molecule has 0 aliphatic carbocycles. The van der Waals surface area contributed by atoms with Crippen LogP contribution in [0.4, 0.5) is 0 Å². The van der Waals surface area contributed by atoms with E-state index in [1.54, 1.807) is 0 Å². The highest BCUT2D eigenvalue weighted by Crippen LogP contribution is 2.30. The fourth-order valence-corrected chi connectivity index (χ4v) is 2.29. The molecular weight excluding hydrogens is 212 g/mol. The molecule has 2 heteroatoms. The van der Waals surface area contributed by atoms with Gasteiger partial charge in [-0.05, 0) is 42.7 Å². The largest absolute Gasteiger partial charge is 0.493 e. The van der Waals surface area contributed by atoms with Crippen LogP contribution in [0.25, 0.3) is 0 Å². The predicted octanol–water partition coefficient (Wildman–Crippen LogP) is 2.96. The van der Waals surface area contributed by atoms with Crippen LogP contribution in [0, 0.1) is 5.92 Å². The van der Waals surface area contributed by atoms with Crippen LogP contribution in [-0.2, 0) is 12.8 Å². The average Bonchev–Trinajstić information content (AvgIpc) is 2.35. The first-order valence-corrected chi connectivity index (χ1v) is 6.60. The molecule has 0 aromatic heterocycles. The molecule has 1 heterocycles. The molecule has 0 saturated heterocycles. The Hall–Kier alpha value is -1.02. The Morgan fingerprint density at radius 2 is 2.18 bits per heavy atom. The lowest BCUT2D eigenvalue weighted by atomic mass is 9.96. The molecule has 0 fully saturated rings. The smallest absolute Gasteiger partial charge is 0.125 e. The van der Waals surface area contributed by atoms with Crippen molar-refractivity contribution in [1.29, 1.82) is 0 Å². The van der Waals surface area contributed by atoms with Crippen LogP contribution in [0.15, 0.2) is 18.2 Å². The summed E-state index contributed by atoms with van der Waals surface area (Å²) in [6, 6.07) is 6.37. The molecule has 1 N–H and O–H groups in total. The summed E-state index contributed by atoms with van der Waals surface area (Å²) in [6.45, 7) is 4.94. The maximum Gasteiger partial charge on any atom is 0.125 e. The van der Waals surface area contributed by atoms with E-state index in [-0.39, 0.29) is 6.10 Å². The zero-order valence-corrected chi connectivity index (χ0v) is 10.8. The van der Waals surface area contributed by atoms with E-state index in [1.165, 1.54) is 11.1 Å². The number of para-hydroxylation sites is 1. The van der Waals surface area contributed by atoms with Gasteiger partial charge in [-0.15, -0.1) is 0 Å². The molecule has 1 aliphatic rings. The summed E-state index contributed by atoms with van der Waals surface area (Å²) in [5.74, 6) is 1.41. The SMILES string of the molecule is CC(C)C(O)CCc1cccc2c1OCCC2. The second-order valence-electron chi connectivity index (χ2n) is 5.21. The minimum absolute atomic E-state index is 0.213. The molecule has 1 aliphatic heterocycles. The normalized spacial score (nSPS) is 16.5. The summed E-state index contributed by atoms with van der Waals surface area (Å²) in [4.78, 5) is 0. The Labute approximate surface area is 104 Å². The van der Waals surface area contributed by atoms with Gasteiger partial charge in [-0.25, -0.2) is 0 Å². The van der Waals surface area contributed by atoms with Gasteiger partial charge in [0.1, 0.15) is 5.75 Å². The van der Waals surface area contributed by atoms with Crippen molar-refractivity contribution in [3.8, 4) is 5.75 Å². The lowest BCUT2D eigenvalue weighted by Gasteiger charge is -2.21. The first kappa shape index (κ1) is 12.4. The molecule has 1 unspecified atom stereocenters. The number of fused-ring (bicyclic) bond motifs is 1. The fourth-order valence-electron chi connectivity index (χ4n) is 2.29. The molecule has 2 rings (SSSR count). The van der Waals surface area contributed by atoms with E-state index in [9.17, 15) is 5.11 Å². The topological polar surface area (TPSA) is 29.5 Å². The van der Waals surface area contributed by atoms with Gasteiger partial charge in [0.15, 0.2) is 0 Å². The van der Waals surface area contributed by atoms with Crippen LogP contribution in [0.5, 0.6) is 5.75 Å². The highest BCUT2D eigenvalue weighted by molar-refractivity contribution is 5.42. The summed E-state index contributed by atoms with van der Waals surface area (Å²) in [5, 5.41) is 9.85. The van der Waals surface area contributed by atoms with E-state index < -0.39 is 0 Å². The van der Waals surface area contributed by atoms with Gasteiger partial charge in [-0.2, -0.15) is 0 Å². The predicted molar refractivity (Wildman–Crippen MR) is 69.4 cm³/mol. The molecule has 1 aromatic carbocycles. The van der Waals surface area contributed by atoms with Crippen LogP contribution in [-0.4, -0.2) is 17.8 Å². The fraction of sp³-hybridized carbons (Fsp3) is 0.600. The van der Waals surface area contributed by atoms with E-state index in [2.05, 4.69) is 32.0 Å². The lowest BCUT2D eigenvalue weighted by molar-refractivity contribution is 0.116. The zero-order chi connectivity index (χ0) is 12.3. The van der Waals surface area contributed by atoms with Gasteiger partial charge in [0.05, 0.1) is 12.7 Å². The Morgan fingerprint density at radius 1 is 1.35 bits per heavy atom. The third-order valence-electron chi connectivity index (χ3n) is 3.49. The number of aliphatic hydroxyl groups is 1. The standard InChI is InChI=1S/C15H22O2/c1-11(2)14(16)9-8-13-6-3-5-12-7-4-10-17-15(12)13/h3,5-6,11,14,16H,4,7-10H2,1-2H3. The van der Waals surface area contributed by atoms with Gasteiger partial charge < -0.3 is 9.84 Å². The molecule has 0 spiro atoms. The summed E-state index contributed by atoms with van der Waals surface area (Å²) >= 11 is 0. The number of hydrogen-bond donors (Lipinski definition) is 1. The molecule has 0 bridgehead atoms. The average molecular weight is 234 g/mol. The second kappa shape index (κ2) is 5.54. The van der Waals surface area contributed by atoms with Crippen LogP contribution in [0.1, 0.15) is 37.8 Å². The molecule has 0 radical (unpaired) electrons. The third-order valence-corrected chi connectivity index (χ3v) is 3.49. The van der Waals surface area contributed by atoms with Crippen molar-refractivity contribution in [3.63, 3.8) is 0 Å². The zero-order valence-electron chi connectivity index (χ0n) is 10.8. The summed E-state index contributed by atoms with van der Waals surface area (Å²) in [5.41, 5.74) is 2.58. The van der Waals surface area contributed by atoms with Gasteiger partial charge in [0, 0.05) is 0 Å². The van der Waals surface area contributed by atoms with Crippen LogP contribution in [0.3, 0.4) is 0 Å². The number of aliphatic hydroxyl groups excluding tert-OH is 1. The van der Waals surface area contributed by atoms with Crippen molar-refractivity contribution in [1.82, 2.24) is 0 Å². The van der Waals surface area contributed by atoms with E-state index in [0.717, 1.165) is 38.0 Å². The Kier molecular flexibility index (Phi) is 4.06. The molecule has 1 atom stereocenters. The minimum Gasteiger partial charge on any atom is -0.493 e. The van der Waals surface area contributed by atoms with Crippen molar-refractivity contribution >= 4 is 0 Å². The highest BCUT2D eigenvalue weighted by Gasteiger charge is 2.16. The second-order valence-corrected chi connectivity index (χ2v) is 5.21. The first-order valence-electron chi connectivity index (χ1n) is 6.60. The molecule has 2 nitrogen and oxygen atoms in total. The maximum absolute atomic E-state index is 9.85. The summed E-state index contributed by atoms with van der Waals surface area (Å²) in [6.07, 6.45) is 3.75. The van der Waals surface area contributed by atoms with Crippen molar-refractivity contribution < 1.29 is 9.84 Å². The number of benzene rings is 1. The number of hydrogen-bond acceptors (Lipinski definition) is 2. The molecule has 1 aromatic rings. The van der Waals surface area contributed by atoms with Crippen LogP contribution >= 0.6 is 0 Å². The van der Waals surface area contributed by atoms with E-state index in [1.807, 2.05) is 0 Å².